The van der Waals surface area contributed by atoms with Crippen molar-refractivity contribution in [1.29, 1.82) is 0 Å². The number of fused-ring (bicyclic) bond motifs is 2. The molecule has 1 aromatic carbocycles. The van der Waals surface area contributed by atoms with Crippen molar-refractivity contribution in [1.82, 2.24) is 4.90 Å². The lowest BCUT2D eigenvalue weighted by Gasteiger charge is -2.46. The van der Waals surface area contributed by atoms with E-state index in [-0.39, 0.29) is 11.7 Å². The molecule has 0 aromatic heterocycles. The van der Waals surface area contributed by atoms with E-state index in [0.29, 0.717) is 12.1 Å². The molecule has 2 fully saturated rings. The Morgan fingerprint density at radius 3 is 2.52 bits per heavy atom. The van der Waals surface area contributed by atoms with Crippen LogP contribution >= 0.6 is 0 Å². The second-order valence-corrected chi connectivity index (χ2v) is 6.22. The summed E-state index contributed by atoms with van der Waals surface area (Å²) in [5.74, 6) is 1.20. The second kappa shape index (κ2) is 5.78. The molecule has 2 aliphatic heterocycles. The van der Waals surface area contributed by atoms with Gasteiger partial charge in [-0.3, -0.25) is 9.69 Å². The zero-order valence-electron chi connectivity index (χ0n) is 13.0. The molecule has 2 bridgehead atoms. The number of rotatable bonds is 3. The standard InChI is InChI=1S/C17H23NO3/c1-11-6-15(20-3)4-5-16(11)17(19)12-7-13-9-21-10-14(8-12)18(13)2/h4-6,12-14H,7-10H2,1-3H3. The number of carbonyl (C=O) groups is 1. The van der Waals surface area contributed by atoms with Crippen molar-refractivity contribution in [2.45, 2.75) is 31.8 Å². The molecule has 2 saturated heterocycles. The summed E-state index contributed by atoms with van der Waals surface area (Å²) >= 11 is 0. The molecule has 0 saturated carbocycles. The fraction of sp³-hybridized carbons (Fsp3) is 0.588. The van der Waals surface area contributed by atoms with E-state index >= 15 is 0 Å². The van der Waals surface area contributed by atoms with Crippen LogP contribution in [0, 0.1) is 12.8 Å². The van der Waals surface area contributed by atoms with E-state index in [1.165, 1.54) is 0 Å². The van der Waals surface area contributed by atoms with E-state index in [2.05, 4.69) is 11.9 Å². The fourth-order valence-corrected chi connectivity index (χ4v) is 3.57. The van der Waals surface area contributed by atoms with Crippen LogP contribution in [0.4, 0.5) is 0 Å². The van der Waals surface area contributed by atoms with E-state index in [1.54, 1.807) is 7.11 Å². The quantitative estimate of drug-likeness (QED) is 0.800. The molecule has 2 unspecified atom stereocenters. The maximum absolute atomic E-state index is 12.9. The maximum Gasteiger partial charge on any atom is 0.166 e. The zero-order valence-corrected chi connectivity index (χ0v) is 13.0. The Morgan fingerprint density at radius 1 is 1.29 bits per heavy atom. The first-order valence-corrected chi connectivity index (χ1v) is 7.58. The highest BCUT2D eigenvalue weighted by molar-refractivity contribution is 5.99. The van der Waals surface area contributed by atoms with Gasteiger partial charge in [-0.05, 0) is 50.6 Å². The number of hydrogen-bond acceptors (Lipinski definition) is 4. The van der Waals surface area contributed by atoms with Gasteiger partial charge in [-0.15, -0.1) is 0 Å². The van der Waals surface area contributed by atoms with E-state index in [0.717, 1.165) is 42.9 Å². The number of carbonyl (C=O) groups excluding carboxylic acids is 1. The van der Waals surface area contributed by atoms with Gasteiger partial charge in [-0.25, -0.2) is 0 Å². The molecule has 2 atom stereocenters. The molecular weight excluding hydrogens is 266 g/mol. The summed E-state index contributed by atoms with van der Waals surface area (Å²) in [6.45, 7) is 3.48. The lowest BCUT2D eigenvalue weighted by atomic mass is 9.80. The van der Waals surface area contributed by atoms with Crippen LogP contribution in [0.5, 0.6) is 5.75 Å². The molecule has 4 nitrogen and oxygen atoms in total. The predicted octanol–water partition coefficient (Wildman–Crippen LogP) is 2.30. The van der Waals surface area contributed by atoms with Gasteiger partial charge in [-0.1, -0.05) is 0 Å². The first kappa shape index (κ1) is 14.5. The maximum atomic E-state index is 12.9. The number of ether oxygens (including phenoxy) is 2. The molecule has 2 heterocycles. The highest BCUT2D eigenvalue weighted by atomic mass is 16.5. The summed E-state index contributed by atoms with van der Waals surface area (Å²) < 4.78 is 10.8. The fourth-order valence-electron chi connectivity index (χ4n) is 3.57. The molecule has 4 heteroatoms. The van der Waals surface area contributed by atoms with Crippen LogP contribution in [-0.4, -0.2) is 50.1 Å². The number of nitrogens with zero attached hydrogens (tertiary/aromatic N) is 1. The summed E-state index contributed by atoms with van der Waals surface area (Å²) in [6.07, 6.45) is 1.80. The van der Waals surface area contributed by atoms with Crippen molar-refractivity contribution < 1.29 is 14.3 Å². The Morgan fingerprint density at radius 2 is 1.95 bits per heavy atom. The largest absolute Gasteiger partial charge is 0.497 e. The Labute approximate surface area is 126 Å². The molecule has 0 N–H and O–H groups in total. The number of methoxy groups -OCH3 is 1. The van der Waals surface area contributed by atoms with Crippen LogP contribution in [0.3, 0.4) is 0 Å². The van der Waals surface area contributed by atoms with E-state index in [9.17, 15) is 4.79 Å². The summed E-state index contributed by atoms with van der Waals surface area (Å²) in [7, 11) is 3.80. The number of piperidine rings is 1. The summed E-state index contributed by atoms with van der Waals surface area (Å²) in [5, 5.41) is 0. The number of likely N-dealkylation sites (N-methyl/N-ethyl adjacent to an activating group) is 1. The van der Waals surface area contributed by atoms with Crippen molar-refractivity contribution >= 4 is 5.78 Å². The van der Waals surface area contributed by atoms with Crippen molar-refractivity contribution in [3.8, 4) is 5.75 Å². The van der Waals surface area contributed by atoms with Crippen LogP contribution in [-0.2, 0) is 4.74 Å². The third-order valence-electron chi connectivity index (χ3n) is 4.96. The molecule has 3 rings (SSSR count). The highest BCUT2D eigenvalue weighted by Crippen LogP contribution is 2.33. The number of Topliss-reactive ketones (excluding diaryl/α,β-unsaturated/α-hetero) is 1. The average Bonchev–Trinajstić information content (AvgIpc) is 2.46. The van der Waals surface area contributed by atoms with Crippen LogP contribution in [0.25, 0.3) is 0 Å². The van der Waals surface area contributed by atoms with Gasteiger partial charge >= 0.3 is 0 Å². The summed E-state index contributed by atoms with van der Waals surface area (Å²) in [5.41, 5.74) is 1.84. The van der Waals surface area contributed by atoms with Gasteiger partial charge in [0.1, 0.15) is 5.75 Å². The molecule has 0 aliphatic carbocycles. The van der Waals surface area contributed by atoms with Crippen molar-refractivity contribution in [2.75, 3.05) is 27.4 Å². The van der Waals surface area contributed by atoms with Crippen molar-refractivity contribution in [3.05, 3.63) is 29.3 Å². The van der Waals surface area contributed by atoms with Gasteiger partial charge in [0.25, 0.3) is 0 Å². The number of aryl methyl sites for hydroxylation is 1. The third kappa shape index (κ3) is 2.70. The first-order chi connectivity index (χ1) is 10.1. The number of benzene rings is 1. The molecule has 0 spiro atoms. The van der Waals surface area contributed by atoms with Crippen LogP contribution in [0.2, 0.25) is 0 Å². The van der Waals surface area contributed by atoms with Crippen molar-refractivity contribution in [3.63, 3.8) is 0 Å². The average molecular weight is 289 g/mol. The molecule has 2 aliphatic rings. The Balaban J connectivity index is 1.79. The third-order valence-corrected chi connectivity index (χ3v) is 4.96. The normalized spacial score (nSPS) is 29.2. The minimum atomic E-state index is 0.118. The number of ketones is 1. The zero-order chi connectivity index (χ0) is 15.0. The molecule has 114 valence electrons. The Bertz CT molecular complexity index is 529. The number of morpholine rings is 1. The topological polar surface area (TPSA) is 38.8 Å². The molecule has 21 heavy (non-hydrogen) atoms. The molecular formula is C17H23NO3. The minimum absolute atomic E-state index is 0.118. The van der Waals surface area contributed by atoms with Crippen LogP contribution in [0.1, 0.15) is 28.8 Å². The van der Waals surface area contributed by atoms with Crippen molar-refractivity contribution in [2.24, 2.45) is 5.92 Å². The van der Waals surface area contributed by atoms with Crippen LogP contribution in [0.15, 0.2) is 18.2 Å². The monoisotopic (exact) mass is 289 g/mol. The van der Waals surface area contributed by atoms with Gasteiger partial charge in [0, 0.05) is 23.6 Å². The van der Waals surface area contributed by atoms with Crippen LogP contribution < -0.4 is 4.74 Å². The first-order valence-electron chi connectivity index (χ1n) is 7.58. The van der Waals surface area contributed by atoms with Gasteiger partial charge in [0.05, 0.1) is 20.3 Å². The lowest BCUT2D eigenvalue weighted by molar-refractivity contribution is -0.0702. The Kier molecular flexibility index (Phi) is 4.00. The summed E-state index contributed by atoms with van der Waals surface area (Å²) in [4.78, 5) is 15.2. The van der Waals surface area contributed by atoms with Gasteiger partial charge in [0.15, 0.2) is 5.78 Å². The van der Waals surface area contributed by atoms with Gasteiger partial charge in [-0.2, -0.15) is 0 Å². The van der Waals surface area contributed by atoms with E-state index in [4.69, 9.17) is 9.47 Å². The molecule has 1 aromatic rings. The molecule has 0 radical (unpaired) electrons. The van der Waals surface area contributed by atoms with E-state index in [1.807, 2.05) is 25.1 Å². The minimum Gasteiger partial charge on any atom is -0.497 e. The molecule has 0 amide bonds. The predicted molar refractivity (Wildman–Crippen MR) is 80.9 cm³/mol. The van der Waals surface area contributed by atoms with E-state index < -0.39 is 0 Å². The number of hydrogen-bond donors (Lipinski definition) is 0. The SMILES string of the molecule is COc1ccc(C(=O)C2CC3COCC(C2)N3C)c(C)c1. The summed E-state index contributed by atoms with van der Waals surface area (Å²) in [6, 6.07) is 6.47. The Hall–Kier alpha value is -1.39. The van der Waals surface area contributed by atoms with Gasteiger partial charge < -0.3 is 9.47 Å². The smallest absolute Gasteiger partial charge is 0.166 e. The van der Waals surface area contributed by atoms with Gasteiger partial charge in [0.2, 0.25) is 0 Å². The lowest BCUT2D eigenvalue weighted by Crippen LogP contribution is -2.55. The highest BCUT2D eigenvalue weighted by Gasteiger charge is 2.39. The second-order valence-electron chi connectivity index (χ2n) is 6.22.